The van der Waals surface area contributed by atoms with Crippen LogP contribution in [0.3, 0.4) is 0 Å². The zero-order chi connectivity index (χ0) is 18.5. The third-order valence-corrected chi connectivity index (χ3v) is 4.48. The van der Waals surface area contributed by atoms with Crippen molar-refractivity contribution in [3.05, 3.63) is 71.5 Å². The number of hydrogen-bond donors (Lipinski definition) is 0. The Bertz CT molecular complexity index is 934. The minimum atomic E-state index is 0.516. The zero-order valence-electron chi connectivity index (χ0n) is 15.5. The van der Waals surface area contributed by atoms with Gasteiger partial charge in [-0.1, -0.05) is 57.2 Å². The Morgan fingerprint density at radius 1 is 0.962 bits per heavy atom. The SMILES string of the molecule is CCc1ccccc1-c1cnc(-c2ccc(CC(C)C)c(C#N)c2)nc1. The van der Waals surface area contributed by atoms with Gasteiger partial charge in [0, 0.05) is 23.5 Å². The molecule has 0 saturated heterocycles. The molecular formula is C23H23N3. The second-order valence-electron chi connectivity index (χ2n) is 6.89. The molecule has 1 aromatic heterocycles. The van der Waals surface area contributed by atoms with Crippen molar-refractivity contribution >= 4 is 0 Å². The van der Waals surface area contributed by atoms with Crippen molar-refractivity contribution in [3.8, 4) is 28.6 Å². The molecule has 0 bridgehead atoms. The molecule has 3 rings (SSSR count). The van der Waals surface area contributed by atoms with Crippen LogP contribution in [0, 0.1) is 17.2 Å². The second kappa shape index (κ2) is 7.93. The van der Waals surface area contributed by atoms with Gasteiger partial charge in [-0.15, -0.1) is 0 Å². The van der Waals surface area contributed by atoms with Gasteiger partial charge in [0.25, 0.3) is 0 Å². The first kappa shape index (κ1) is 17.8. The molecule has 26 heavy (non-hydrogen) atoms. The van der Waals surface area contributed by atoms with E-state index in [1.807, 2.05) is 36.7 Å². The van der Waals surface area contributed by atoms with Crippen LogP contribution in [0.1, 0.15) is 37.5 Å². The standard InChI is InChI=1S/C23H23N3/c1-4-17-7-5-6-8-22(17)21-14-25-23(26-15-21)19-10-9-18(11-16(2)3)20(12-19)13-24/h5-10,12,14-16H,4,11H2,1-3H3. The smallest absolute Gasteiger partial charge is 0.159 e. The lowest BCUT2D eigenvalue weighted by atomic mass is 9.96. The summed E-state index contributed by atoms with van der Waals surface area (Å²) in [5.74, 6) is 1.16. The molecule has 0 fully saturated rings. The van der Waals surface area contributed by atoms with E-state index in [1.165, 1.54) is 11.1 Å². The van der Waals surface area contributed by atoms with Crippen molar-refractivity contribution in [3.63, 3.8) is 0 Å². The third kappa shape index (κ3) is 3.81. The average Bonchev–Trinajstić information content (AvgIpc) is 2.68. The molecule has 0 aliphatic heterocycles. The molecular weight excluding hydrogens is 318 g/mol. The summed E-state index contributed by atoms with van der Waals surface area (Å²) in [7, 11) is 0. The first-order valence-corrected chi connectivity index (χ1v) is 9.06. The third-order valence-electron chi connectivity index (χ3n) is 4.48. The average molecular weight is 341 g/mol. The van der Waals surface area contributed by atoms with Crippen LogP contribution in [-0.4, -0.2) is 9.97 Å². The van der Waals surface area contributed by atoms with Crippen LogP contribution in [0.2, 0.25) is 0 Å². The summed E-state index contributed by atoms with van der Waals surface area (Å²) >= 11 is 0. The Morgan fingerprint density at radius 3 is 2.35 bits per heavy atom. The van der Waals surface area contributed by atoms with Gasteiger partial charge < -0.3 is 0 Å². The molecule has 3 aromatic rings. The number of hydrogen-bond acceptors (Lipinski definition) is 3. The van der Waals surface area contributed by atoms with Gasteiger partial charge in [-0.25, -0.2) is 9.97 Å². The summed E-state index contributed by atoms with van der Waals surface area (Å²) in [4.78, 5) is 9.09. The summed E-state index contributed by atoms with van der Waals surface area (Å²) in [6.45, 7) is 6.46. The number of aryl methyl sites for hydroxylation is 1. The highest BCUT2D eigenvalue weighted by molar-refractivity contribution is 5.67. The summed E-state index contributed by atoms with van der Waals surface area (Å²) in [6.07, 6.45) is 5.60. The van der Waals surface area contributed by atoms with Gasteiger partial charge in [0.2, 0.25) is 0 Å². The van der Waals surface area contributed by atoms with Gasteiger partial charge in [0.1, 0.15) is 0 Å². The lowest BCUT2D eigenvalue weighted by Gasteiger charge is -2.10. The highest BCUT2D eigenvalue weighted by Crippen LogP contribution is 2.25. The molecule has 3 nitrogen and oxygen atoms in total. The molecule has 1 heterocycles. The molecule has 3 heteroatoms. The van der Waals surface area contributed by atoms with E-state index >= 15 is 0 Å². The van der Waals surface area contributed by atoms with Gasteiger partial charge in [0.05, 0.1) is 11.6 Å². The maximum absolute atomic E-state index is 9.46. The van der Waals surface area contributed by atoms with Crippen LogP contribution >= 0.6 is 0 Å². The van der Waals surface area contributed by atoms with Gasteiger partial charge in [-0.05, 0) is 41.5 Å². The number of nitriles is 1. The van der Waals surface area contributed by atoms with Crippen molar-refractivity contribution < 1.29 is 0 Å². The minimum absolute atomic E-state index is 0.516. The highest BCUT2D eigenvalue weighted by Gasteiger charge is 2.10. The Balaban J connectivity index is 1.93. The van der Waals surface area contributed by atoms with Crippen LogP contribution in [0.4, 0.5) is 0 Å². The van der Waals surface area contributed by atoms with E-state index in [-0.39, 0.29) is 0 Å². The van der Waals surface area contributed by atoms with E-state index in [2.05, 4.69) is 55.0 Å². The number of rotatable bonds is 5. The van der Waals surface area contributed by atoms with Gasteiger partial charge in [0.15, 0.2) is 5.82 Å². The van der Waals surface area contributed by atoms with E-state index in [1.54, 1.807) is 0 Å². The number of aromatic nitrogens is 2. The molecule has 130 valence electrons. The molecule has 0 aliphatic carbocycles. The van der Waals surface area contributed by atoms with Crippen LogP contribution in [-0.2, 0) is 12.8 Å². The Kier molecular flexibility index (Phi) is 5.43. The lowest BCUT2D eigenvalue weighted by Crippen LogP contribution is -1.98. The predicted octanol–water partition coefficient (Wildman–Crippen LogP) is 5.44. The fraction of sp³-hybridized carbons (Fsp3) is 0.261. The van der Waals surface area contributed by atoms with Crippen LogP contribution in [0.5, 0.6) is 0 Å². The largest absolute Gasteiger partial charge is 0.236 e. The Labute approximate surface area is 155 Å². The molecule has 0 N–H and O–H groups in total. The van der Waals surface area contributed by atoms with E-state index < -0.39 is 0 Å². The Hall–Kier alpha value is -2.99. The van der Waals surface area contributed by atoms with E-state index in [9.17, 15) is 5.26 Å². The predicted molar refractivity (Wildman–Crippen MR) is 106 cm³/mol. The summed E-state index contributed by atoms with van der Waals surface area (Å²) < 4.78 is 0. The fourth-order valence-corrected chi connectivity index (χ4v) is 3.16. The summed E-state index contributed by atoms with van der Waals surface area (Å²) in [6, 6.07) is 16.6. The van der Waals surface area contributed by atoms with E-state index in [0.29, 0.717) is 17.3 Å². The van der Waals surface area contributed by atoms with Crippen molar-refractivity contribution in [2.24, 2.45) is 5.92 Å². The zero-order valence-corrected chi connectivity index (χ0v) is 15.5. The molecule has 0 aliphatic rings. The van der Waals surface area contributed by atoms with Crippen LogP contribution in [0.15, 0.2) is 54.9 Å². The molecule has 0 saturated carbocycles. The van der Waals surface area contributed by atoms with E-state index in [0.717, 1.165) is 29.5 Å². The maximum Gasteiger partial charge on any atom is 0.159 e. The molecule has 0 radical (unpaired) electrons. The lowest BCUT2D eigenvalue weighted by molar-refractivity contribution is 0.646. The summed E-state index contributed by atoms with van der Waals surface area (Å²) in [5, 5.41) is 9.46. The number of benzene rings is 2. The van der Waals surface area contributed by atoms with Crippen LogP contribution < -0.4 is 0 Å². The first-order valence-electron chi connectivity index (χ1n) is 9.06. The van der Waals surface area contributed by atoms with Crippen molar-refractivity contribution in [1.29, 1.82) is 5.26 Å². The van der Waals surface area contributed by atoms with Crippen molar-refractivity contribution in [2.75, 3.05) is 0 Å². The maximum atomic E-state index is 9.46. The summed E-state index contributed by atoms with van der Waals surface area (Å²) in [5.41, 5.74) is 6.15. The van der Waals surface area contributed by atoms with Gasteiger partial charge >= 0.3 is 0 Å². The molecule has 2 aromatic carbocycles. The monoisotopic (exact) mass is 341 g/mol. The fourth-order valence-electron chi connectivity index (χ4n) is 3.16. The Morgan fingerprint density at radius 2 is 1.69 bits per heavy atom. The van der Waals surface area contributed by atoms with Gasteiger partial charge in [-0.3, -0.25) is 0 Å². The molecule has 0 unspecified atom stereocenters. The highest BCUT2D eigenvalue weighted by atomic mass is 14.9. The first-order chi connectivity index (χ1) is 12.6. The second-order valence-corrected chi connectivity index (χ2v) is 6.89. The number of nitrogens with zero attached hydrogens (tertiary/aromatic N) is 3. The van der Waals surface area contributed by atoms with Crippen molar-refractivity contribution in [1.82, 2.24) is 9.97 Å². The quantitative estimate of drug-likeness (QED) is 0.620. The van der Waals surface area contributed by atoms with Crippen LogP contribution in [0.25, 0.3) is 22.5 Å². The minimum Gasteiger partial charge on any atom is -0.236 e. The molecule has 0 spiro atoms. The van der Waals surface area contributed by atoms with Crippen molar-refractivity contribution in [2.45, 2.75) is 33.6 Å². The molecule has 0 atom stereocenters. The van der Waals surface area contributed by atoms with E-state index in [4.69, 9.17) is 0 Å². The topological polar surface area (TPSA) is 49.6 Å². The molecule has 0 amide bonds. The van der Waals surface area contributed by atoms with Gasteiger partial charge in [-0.2, -0.15) is 5.26 Å². The normalized spacial score (nSPS) is 10.7.